The van der Waals surface area contributed by atoms with Gasteiger partial charge in [-0.2, -0.15) is 0 Å². The highest BCUT2D eigenvalue weighted by Crippen LogP contribution is 2.19. The van der Waals surface area contributed by atoms with Crippen molar-refractivity contribution in [2.45, 2.75) is 13.1 Å². The van der Waals surface area contributed by atoms with Crippen molar-refractivity contribution in [1.29, 1.82) is 0 Å². The van der Waals surface area contributed by atoms with Gasteiger partial charge in [-0.25, -0.2) is 9.67 Å². The predicted molar refractivity (Wildman–Crippen MR) is 72.7 cm³/mol. The summed E-state index contributed by atoms with van der Waals surface area (Å²) in [5.41, 5.74) is 8.20. The predicted octanol–water partition coefficient (Wildman–Crippen LogP) is 1.33. The van der Waals surface area contributed by atoms with Crippen LogP contribution < -0.4 is 5.73 Å². The molecule has 19 heavy (non-hydrogen) atoms. The molecule has 0 radical (unpaired) electrons. The summed E-state index contributed by atoms with van der Waals surface area (Å²) >= 11 is 5.97. The second kappa shape index (κ2) is 4.64. The summed E-state index contributed by atoms with van der Waals surface area (Å²) in [5.74, 6) is 0.894. The van der Waals surface area contributed by atoms with Crippen molar-refractivity contribution in [2.24, 2.45) is 12.8 Å². The van der Waals surface area contributed by atoms with Crippen molar-refractivity contribution in [3.63, 3.8) is 0 Å². The molecule has 1 aromatic carbocycles. The molecule has 0 spiro atoms. The first-order valence-electron chi connectivity index (χ1n) is 5.87. The lowest BCUT2D eigenvalue weighted by Crippen LogP contribution is -2.06. The van der Waals surface area contributed by atoms with Gasteiger partial charge in [0.05, 0.1) is 22.9 Å². The molecule has 2 heterocycles. The second-order valence-electron chi connectivity index (χ2n) is 4.33. The maximum atomic E-state index is 5.97. The number of aromatic nitrogens is 5. The zero-order valence-electron chi connectivity index (χ0n) is 10.4. The molecule has 0 aliphatic carbocycles. The van der Waals surface area contributed by atoms with Crippen LogP contribution in [0, 0.1) is 0 Å². The fraction of sp³-hybridized carbons (Fsp3) is 0.250. The Kier molecular flexibility index (Phi) is 2.96. The van der Waals surface area contributed by atoms with Gasteiger partial charge in [0.1, 0.15) is 12.4 Å². The fourth-order valence-corrected chi connectivity index (χ4v) is 2.18. The molecule has 0 atom stereocenters. The van der Waals surface area contributed by atoms with E-state index >= 15 is 0 Å². The fourth-order valence-electron chi connectivity index (χ4n) is 2.02. The van der Waals surface area contributed by atoms with Crippen LogP contribution in [0.25, 0.3) is 11.0 Å². The summed E-state index contributed by atoms with van der Waals surface area (Å²) in [6.07, 6.45) is 1.83. The Bertz CT molecular complexity index is 729. The molecule has 3 aromatic rings. The molecule has 0 saturated carbocycles. The number of rotatable bonds is 3. The first-order valence-corrected chi connectivity index (χ1v) is 6.25. The van der Waals surface area contributed by atoms with E-state index in [2.05, 4.69) is 15.3 Å². The Morgan fingerprint density at radius 1 is 1.37 bits per heavy atom. The summed E-state index contributed by atoms with van der Waals surface area (Å²) < 4.78 is 3.75. The smallest absolute Gasteiger partial charge is 0.131 e. The van der Waals surface area contributed by atoms with Crippen molar-refractivity contribution in [1.82, 2.24) is 24.5 Å². The standard InChI is InChI=1S/C12H13ClN6/c1-18-11-3-2-8(13)4-10(11)15-12(18)7-19-6-9(5-14)16-17-19/h2-4,6H,5,7,14H2,1H3. The van der Waals surface area contributed by atoms with E-state index in [1.165, 1.54) is 0 Å². The van der Waals surface area contributed by atoms with Crippen LogP contribution in [-0.2, 0) is 20.1 Å². The van der Waals surface area contributed by atoms with E-state index in [0.29, 0.717) is 18.1 Å². The number of nitrogens with zero attached hydrogens (tertiary/aromatic N) is 5. The van der Waals surface area contributed by atoms with Crippen molar-refractivity contribution < 1.29 is 0 Å². The van der Waals surface area contributed by atoms with Gasteiger partial charge in [0.15, 0.2) is 0 Å². The lowest BCUT2D eigenvalue weighted by molar-refractivity contribution is 0.610. The summed E-state index contributed by atoms with van der Waals surface area (Å²) in [4.78, 5) is 4.56. The van der Waals surface area contributed by atoms with Gasteiger partial charge in [-0.15, -0.1) is 5.10 Å². The molecule has 0 aliphatic rings. The van der Waals surface area contributed by atoms with Crippen molar-refractivity contribution in [3.8, 4) is 0 Å². The lowest BCUT2D eigenvalue weighted by atomic mass is 10.3. The van der Waals surface area contributed by atoms with Gasteiger partial charge < -0.3 is 10.3 Å². The molecule has 0 aliphatic heterocycles. The molecule has 0 amide bonds. The third kappa shape index (κ3) is 2.20. The Morgan fingerprint density at radius 3 is 2.95 bits per heavy atom. The van der Waals surface area contributed by atoms with Crippen molar-refractivity contribution >= 4 is 22.6 Å². The van der Waals surface area contributed by atoms with Gasteiger partial charge >= 0.3 is 0 Å². The van der Waals surface area contributed by atoms with E-state index in [1.807, 2.05) is 36.0 Å². The summed E-state index contributed by atoms with van der Waals surface area (Å²) in [5, 5.41) is 8.66. The normalized spacial score (nSPS) is 11.3. The minimum absolute atomic E-state index is 0.387. The number of imidazole rings is 1. The Balaban J connectivity index is 1.98. The monoisotopic (exact) mass is 276 g/mol. The van der Waals surface area contributed by atoms with E-state index in [-0.39, 0.29) is 0 Å². The second-order valence-corrected chi connectivity index (χ2v) is 4.77. The first-order chi connectivity index (χ1) is 9.17. The number of aryl methyl sites for hydroxylation is 1. The minimum Gasteiger partial charge on any atom is -0.330 e. The van der Waals surface area contributed by atoms with Crippen LogP contribution in [0.1, 0.15) is 11.5 Å². The van der Waals surface area contributed by atoms with Crippen LogP contribution in [0.15, 0.2) is 24.4 Å². The topological polar surface area (TPSA) is 74.5 Å². The van der Waals surface area contributed by atoms with Gasteiger partial charge in [0.2, 0.25) is 0 Å². The van der Waals surface area contributed by atoms with Gasteiger partial charge in [0, 0.05) is 18.6 Å². The molecule has 98 valence electrons. The molecule has 2 aromatic heterocycles. The molecule has 6 nitrogen and oxygen atoms in total. The SMILES string of the molecule is Cn1c(Cn2cc(CN)nn2)nc2cc(Cl)ccc21. The van der Waals surface area contributed by atoms with E-state index in [1.54, 1.807) is 4.68 Å². The number of hydrogen-bond acceptors (Lipinski definition) is 4. The average molecular weight is 277 g/mol. The molecule has 0 fully saturated rings. The molecule has 7 heteroatoms. The average Bonchev–Trinajstić information content (AvgIpc) is 2.96. The number of halogens is 1. The molecule has 0 unspecified atom stereocenters. The minimum atomic E-state index is 0.387. The highest BCUT2D eigenvalue weighted by molar-refractivity contribution is 6.31. The maximum absolute atomic E-state index is 5.97. The summed E-state index contributed by atoms with van der Waals surface area (Å²) in [6, 6.07) is 5.67. The van der Waals surface area contributed by atoms with E-state index in [0.717, 1.165) is 22.6 Å². The zero-order chi connectivity index (χ0) is 13.4. The van der Waals surface area contributed by atoms with Gasteiger partial charge in [-0.05, 0) is 18.2 Å². The molecule has 0 bridgehead atoms. The van der Waals surface area contributed by atoms with Gasteiger partial charge in [-0.3, -0.25) is 0 Å². The highest BCUT2D eigenvalue weighted by atomic mass is 35.5. The third-order valence-electron chi connectivity index (χ3n) is 3.03. The van der Waals surface area contributed by atoms with Gasteiger partial charge in [-0.1, -0.05) is 16.8 Å². The largest absolute Gasteiger partial charge is 0.330 e. The lowest BCUT2D eigenvalue weighted by Gasteiger charge is -2.01. The van der Waals surface area contributed by atoms with Gasteiger partial charge in [0.25, 0.3) is 0 Å². The van der Waals surface area contributed by atoms with Crippen LogP contribution >= 0.6 is 11.6 Å². The van der Waals surface area contributed by atoms with Crippen molar-refractivity contribution in [3.05, 3.63) is 40.9 Å². The molecular formula is C12H13ClN6. The molecule has 0 saturated heterocycles. The first kappa shape index (κ1) is 12.1. The number of nitrogens with two attached hydrogens (primary N) is 1. The molecule has 3 rings (SSSR count). The highest BCUT2D eigenvalue weighted by Gasteiger charge is 2.09. The summed E-state index contributed by atoms with van der Waals surface area (Å²) in [6.45, 7) is 0.938. The van der Waals surface area contributed by atoms with E-state index < -0.39 is 0 Å². The van der Waals surface area contributed by atoms with E-state index in [4.69, 9.17) is 17.3 Å². The molecular weight excluding hydrogens is 264 g/mol. The summed E-state index contributed by atoms with van der Waals surface area (Å²) in [7, 11) is 1.97. The zero-order valence-corrected chi connectivity index (χ0v) is 11.2. The Morgan fingerprint density at radius 2 is 2.21 bits per heavy atom. The van der Waals surface area contributed by atoms with E-state index in [9.17, 15) is 0 Å². The number of hydrogen-bond donors (Lipinski definition) is 1. The molecule has 2 N–H and O–H groups in total. The van der Waals surface area contributed by atoms with Crippen LogP contribution in [0.5, 0.6) is 0 Å². The van der Waals surface area contributed by atoms with Crippen LogP contribution in [0.2, 0.25) is 5.02 Å². The van der Waals surface area contributed by atoms with Crippen LogP contribution in [0.3, 0.4) is 0 Å². The quantitative estimate of drug-likeness (QED) is 0.783. The number of fused-ring (bicyclic) bond motifs is 1. The maximum Gasteiger partial charge on any atom is 0.131 e. The number of benzene rings is 1. The third-order valence-corrected chi connectivity index (χ3v) is 3.27. The Labute approximate surface area is 114 Å². The van der Waals surface area contributed by atoms with Crippen LogP contribution in [0.4, 0.5) is 0 Å². The Hall–Kier alpha value is -1.92. The van der Waals surface area contributed by atoms with Crippen molar-refractivity contribution in [2.75, 3.05) is 0 Å². The van der Waals surface area contributed by atoms with Crippen LogP contribution in [-0.4, -0.2) is 24.5 Å².